The van der Waals surface area contributed by atoms with Crippen molar-refractivity contribution in [2.24, 2.45) is 0 Å². The first kappa shape index (κ1) is 12.4. The van der Waals surface area contributed by atoms with E-state index in [9.17, 15) is 4.79 Å². The van der Waals surface area contributed by atoms with Gasteiger partial charge in [0.1, 0.15) is 0 Å². The molecule has 5 heteroatoms. The Morgan fingerprint density at radius 2 is 2.38 bits per heavy atom. The van der Waals surface area contributed by atoms with Crippen LogP contribution in [0.1, 0.15) is 12.5 Å². The number of aliphatic hydroxyl groups is 1. The van der Waals surface area contributed by atoms with Crippen molar-refractivity contribution < 1.29 is 9.90 Å². The summed E-state index contributed by atoms with van der Waals surface area (Å²) in [5.74, 6) is 0. The molecule has 1 aromatic heterocycles. The minimum Gasteiger partial charge on any atom is -0.395 e. The van der Waals surface area contributed by atoms with Crippen LogP contribution in [0, 0.1) is 6.92 Å². The van der Waals surface area contributed by atoms with Crippen LogP contribution in [-0.2, 0) is 0 Å². The first-order valence-corrected chi connectivity index (χ1v) is 5.26. The average molecular weight is 223 g/mol. The van der Waals surface area contributed by atoms with Crippen molar-refractivity contribution in [1.82, 2.24) is 9.88 Å². The molecule has 0 radical (unpaired) electrons. The number of anilines is 1. The lowest BCUT2D eigenvalue weighted by Crippen LogP contribution is -2.36. The minimum atomic E-state index is -0.203. The summed E-state index contributed by atoms with van der Waals surface area (Å²) in [5.41, 5.74) is 1.66. The van der Waals surface area contributed by atoms with Gasteiger partial charge in [-0.3, -0.25) is 4.98 Å². The van der Waals surface area contributed by atoms with Gasteiger partial charge in [0.25, 0.3) is 0 Å². The van der Waals surface area contributed by atoms with Crippen LogP contribution in [0.5, 0.6) is 0 Å². The van der Waals surface area contributed by atoms with Crippen molar-refractivity contribution in [2.75, 3.05) is 25.0 Å². The number of nitrogens with zero attached hydrogens (tertiary/aromatic N) is 2. The van der Waals surface area contributed by atoms with E-state index >= 15 is 0 Å². The molecule has 5 nitrogen and oxygen atoms in total. The number of aromatic nitrogens is 1. The first-order chi connectivity index (χ1) is 7.69. The Hall–Kier alpha value is -1.62. The van der Waals surface area contributed by atoms with Crippen molar-refractivity contribution in [3.8, 4) is 0 Å². The zero-order chi connectivity index (χ0) is 12.0. The molecule has 0 unspecified atom stereocenters. The van der Waals surface area contributed by atoms with Crippen LogP contribution < -0.4 is 5.32 Å². The smallest absolute Gasteiger partial charge is 0.321 e. The molecule has 1 rings (SSSR count). The van der Waals surface area contributed by atoms with Crippen molar-refractivity contribution >= 4 is 11.7 Å². The summed E-state index contributed by atoms with van der Waals surface area (Å²) in [7, 11) is 0. The number of nitrogens with one attached hydrogen (secondary N) is 1. The van der Waals surface area contributed by atoms with Gasteiger partial charge in [-0.25, -0.2) is 4.79 Å². The van der Waals surface area contributed by atoms with Crippen LogP contribution in [0.4, 0.5) is 10.5 Å². The summed E-state index contributed by atoms with van der Waals surface area (Å²) in [6, 6.07) is 1.55. The Balaban J connectivity index is 2.66. The van der Waals surface area contributed by atoms with E-state index in [2.05, 4.69) is 10.3 Å². The molecule has 2 amide bonds. The van der Waals surface area contributed by atoms with Gasteiger partial charge in [-0.15, -0.1) is 0 Å². The van der Waals surface area contributed by atoms with Gasteiger partial charge in [0, 0.05) is 31.2 Å². The van der Waals surface area contributed by atoms with Gasteiger partial charge in [0.05, 0.1) is 6.61 Å². The highest BCUT2D eigenvalue weighted by molar-refractivity contribution is 5.89. The van der Waals surface area contributed by atoms with E-state index in [0.717, 1.165) is 11.3 Å². The van der Waals surface area contributed by atoms with Crippen molar-refractivity contribution in [3.63, 3.8) is 0 Å². The summed E-state index contributed by atoms with van der Waals surface area (Å²) in [5, 5.41) is 11.6. The molecule has 2 N–H and O–H groups in total. The maximum absolute atomic E-state index is 11.8. The molecule has 0 atom stereocenters. The van der Waals surface area contributed by atoms with Crippen LogP contribution in [0.3, 0.4) is 0 Å². The highest BCUT2D eigenvalue weighted by atomic mass is 16.3. The van der Waals surface area contributed by atoms with E-state index in [1.54, 1.807) is 23.4 Å². The van der Waals surface area contributed by atoms with Crippen LogP contribution in [0.15, 0.2) is 18.5 Å². The van der Waals surface area contributed by atoms with Crippen LogP contribution in [-0.4, -0.2) is 40.7 Å². The van der Waals surface area contributed by atoms with Gasteiger partial charge in [0.15, 0.2) is 0 Å². The van der Waals surface area contributed by atoms with Crippen molar-refractivity contribution in [3.05, 3.63) is 24.0 Å². The molecular weight excluding hydrogens is 206 g/mol. The Morgan fingerprint density at radius 3 is 2.94 bits per heavy atom. The molecule has 1 aromatic rings. The number of hydrogen-bond acceptors (Lipinski definition) is 3. The summed E-state index contributed by atoms with van der Waals surface area (Å²) in [6.07, 6.45) is 3.32. The van der Waals surface area contributed by atoms with Gasteiger partial charge >= 0.3 is 6.03 Å². The zero-order valence-corrected chi connectivity index (χ0v) is 9.60. The molecule has 0 saturated heterocycles. The number of hydrogen-bond donors (Lipinski definition) is 2. The molecule has 0 aliphatic heterocycles. The zero-order valence-electron chi connectivity index (χ0n) is 9.60. The molecular formula is C11H17N3O2. The van der Waals surface area contributed by atoms with Gasteiger partial charge in [-0.05, 0) is 25.5 Å². The maximum atomic E-state index is 11.8. The van der Waals surface area contributed by atoms with E-state index in [0.29, 0.717) is 13.1 Å². The largest absolute Gasteiger partial charge is 0.395 e. The molecule has 0 fully saturated rings. The molecule has 0 spiro atoms. The van der Waals surface area contributed by atoms with Crippen molar-refractivity contribution in [1.29, 1.82) is 0 Å². The van der Waals surface area contributed by atoms with Crippen molar-refractivity contribution in [2.45, 2.75) is 13.8 Å². The summed E-state index contributed by atoms with van der Waals surface area (Å²) < 4.78 is 0. The first-order valence-electron chi connectivity index (χ1n) is 5.26. The second-order valence-electron chi connectivity index (χ2n) is 3.42. The monoisotopic (exact) mass is 223 g/mol. The molecule has 0 aliphatic carbocycles. The number of aryl methyl sites for hydroxylation is 1. The SMILES string of the molecule is CCN(CCO)C(=O)Nc1ccncc1C. The lowest BCUT2D eigenvalue weighted by Gasteiger charge is -2.20. The van der Waals surface area contributed by atoms with Gasteiger partial charge in [0.2, 0.25) is 0 Å². The number of aliphatic hydroxyl groups excluding tert-OH is 1. The molecule has 0 bridgehead atoms. The number of carbonyl (C=O) groups is 1. The average Bonchev–Trinajstić information content (AvgIpc) is 2.29. The predicted octanol–water partition coefficient (Wildman–Crippen LogP) is 1.24. The standard InChI is InChI=1S/C11H17N3O2/c1-3-14(6-7-15)11(16)13-10-4-5-12-8-9(10)2/h4-5,8,15H,3,6-7H2,1-2H3,(H,12,13,16). The molecule has 1 heterocycles. The number of carbonyl (C=O) groups excluding carboxylic acids is 1. The topological polar surface area (TPSA) is 65.5 Å². The summed E-state index contributed by atoms with van der Waals surface area (Å²) >= 11 is 0. The fourth-order valence-corrected chi connectivity index (χ4v) is 1.33. The van der Waals surface area contributed by atoms with Gasteiger partial charge in [-0.2, -0.15) is 0 Å². The molecule has 0 aliphatic rings. The number of likely N-dealkylation sites (N-methyl/N-ethyl adjacent to an activating group) is 1. The van der Waals surface area contributed by atoms with Crippen LogP contribution in [0.2, 0.25) is 0 Å². The quantitative estimate of drug-likeness (QED) is 0.807. The number of rotatable bonds is 4. The number of pyridine rings is 1. The summed E-state index contributed by atoms with van der Waals surface area (Å²) in [4.78, 5) is 17.3. The Morgan fingerprint density at radius 1 is 1.62 bits per heavy atom. The minimum absolute atomic E-state index is 0.0312. The Labute approximate surface area is 95.1 Å². The third-order valence-electron chi connectivity index (χ3n) is 2.30. The lowest BCUT2D eigenvalue weighted by atomic mass is 10.2. The normalized spacial score (nSPS) is 9.94. The molecule has 0 aromatic carbocycles. The molecule has 16 heavy (non-hydrogen) atoms. The van der Waals surface area contributed by atoms with E-state index in [1.165, 1.54) is 0 Å². The van der Waals surface area contributed by atoms with E-state index in [1.807, 2.05) is 13.8 Å². The van der Waals surface area contributed by atoms with Gasteiger partial charge < -0.3 is 15.3 Å². The fourth-order valence-electron chi connectivity index (χ4n) is 1.33. The molecule has 0 saturated carbocycles. The Kier molecular flexibility index (Phi) is 4.72. The second-order valence-corrected chi connectivity index (χ2v) is 3.42. The van der Waals surface area contributed by atoms with Crippen LogP contribution in [0.25, 0.3) is 0 Å². The van der Waals surface area contributed by atoms with E-state index in [-0.39, 0.29) is 12.6 Å². The van der Waals surface area contributed by atoms with E-state index in [4.69, 9.17) is 5.11 Å². The highest BCUT2D eigenvalue weighted by Gasteiger charge is 2.11. The van der Waals surface area contributed by atoms with E-state index < -0.39 is 0 Å². The Bertz CT molecular complexity index is 355. The number of urea groups is 1. The number of amides is 2. The second kappa shape index (κ2) is 6.07. The lowest BCUT2D eigenvalue weighted by molar-refractivity contribution is 0.192. The highest BCUT2D eigenvalue weighted by Crippen LogP contribution is 2.12. The predicted molar refractivity (Wildman–Crippen MR) is 62.3 cm³/mol. The maximum Gasteiger partial charge on any atom is 0.321 e. The third kappa shape index (κ3) is 3.20. The fraction of sp³-hybridized carbons (Fsp3) is 0.455. The molecule has 88 valence electrons. The summed E-state index contributed by atoms with van der Waals surface area (Å²) in [6.45, 7) is 4.62. The van der Waals surface area contributed by atoms with Gasteiger partial charge in [-0.1, -0.05) is 0 Å². The van der Waals surface area contributed by atoms with Crippen LogP contribution >= 0.6 is 0 Å². The third-order valence-corrected chi connectivity index (χ3v) is 2.30.